The number of hydrogen-bond donors (Lipinski definition) is 2. The summed E-state index contributed by atoms with van der Waals surface area (Å²) in [4.78, 5) is 16.4. The van der Waals surface area contributed by atoms with E-state index in [-0.39, 0.29) is 29.2 Å². The molecule has 0 bridgehead atoms. The molecule has 2 N–H and O–H groups in total. The number of nitrogens with one attached hydrogen (secondary N) is 2. The van der Waals surface area contributed by atoms with E-state index in [9.17, 15) is 13.2 Å². The number of rotatable bonds is 4. The van der Waals surface area contributed by atoms with Crippen molar-refractivity contribution in [1.82, 2.24) is 10.0 Å². The number of sulfonamides is 1. The van der Waals surface area contributed by atoms with Crippen LogP contribution in [-0.2, 0) is 14.8 Å². The lowest BCUT2D eigenvalue weighted by molar-refractivity contribution is -0.120. The van der Waals surface area contributed by atoms with E-state index >= 15 is 0 Å². The summed E-state index contributed by atoms with van der Waals surface area (Å²) in [5, 5.41) is 2.84. The van der Waals surface area contributed by atoms with Crippen molar-refractivity contribution in [3.8, 4) is 0 Å². The summed E-state index contributed by atoms with van der Waals surface area (Å²) < 4.78 is 26.3. The second kappa shape index (κ2) is 6.45. The fourth-order valence-corrected chi connectivity index (χ4v) is 3.77. The van der Waals surface area contributed by atoms with Crippen LogP contribution in [-0.4, -0.2) is 26.7 Å². The lowest BCUT2D eigenvalue weighted by Gasteiger charge is -2.13. The first-order valence-electron chi connectivity index (χ1n) is 7.48. The number of amides is 1. The van der Waals surface area contributed by atoms with Gasteiger partial charge in [0.2, 0.25) is 5.91 Å². The third-order valence-corrected chi connectivity index (χ3v) is 5.12. The van der Waals surface area contributed by atoms with Crippen LogP contribution in [0.25, 0.3) is 0 Å². The topological polar surface area (TPSA) is 87.6 Å². The predicted octanol–water partition coefficient (Wildman–Crippen LogP) is 1.60. The largest absolute Gasteiger partial charge is 0.348 e. The Balaban J connectivity index is 1.70. The molecular weight excluding hydrogens is 326 g/mol. The minimum absolute atomic E-state index is 0.147. The van der Waals surface area contributed by atoms with Gasteiger partial charge in [0.25, 0.3) is 10.0 Å². The maximum absolute atomic E-state index is 12.1. The smallest absolute Gasteiger partial charge is 0.263 e. The Labute approximate surface area is 140 Å². The van der Waals surface area contributed by atoms with Crippen LogP contribution in [0.15, 0.2) is 64.5 Å². The van der Waals surface area contributed by atoms with Crippen molar-refractivity contribution in [2.45, 2.75) is 17.9 Å². The molecule has 124 valence electrons. The fourth-order valence-electron chi connectivity index (χ4n) is 2.51. The number of carbonyl (C=O) groups is 1. The molecule has 6 nitrogen and oxygen atoms in total. The Hall–Kier alpha value is -2.67. The van der Waals surface area contributed by atoms with E-state index in [0.29, 0.717) is 5.56 Å². The molecule has 1 amide bonds. The van der Waals surface area contributed by atoms with Crippen LogP contribution in [0.1, 0.15) is 24.1 Å². The standard InChI is InChI=1S/C17H17N3O3S/c1-12(13-7-3-2-4-8-13)19-16(21)11-18-17-14-9-5-6-10-15(14)24(22,23)20-17/h2-10,12H,11H2,1H3,(H,18,20)(H,19,21). The van der Waals surface area contributed by atoms with Crippen LogP contribution in [0.3, 0.4) is 0 Å². The van der Waals surface area contributed by atoms with Crippen LogP contribution in [0.2, 0.25) is 0 Å². The molecule has 2 aromatic rings. The molecule has 0 saturated carbocycles. The number of fused-ring (bicyclic) bond motifs is 1. The van der Waals surface area contributed by atoms with E-state index in [1.165, 1.54) is 6.07 Å². The Bertz CT molecular complexity index is 892. The molecule has 3 rings (SSSR count). The molecule has 0 spiro atoms. The second-order valence-corrected chi connectivity index (χ2v) is 7.12. The number of amidine groups is 1. The van der Waals surface area contributed by atoms with Crippen molar-refractivity contribution in [1.29, 1.82) is 0 Å². The summed E-state index contributed by atoms with van der Waals surface area (Å²) in [6, 6.07) is 16.0. The molecule has 1 atom stereocenters. The van der Waals surface area contributed by atoms with Gasteiger partial charge in [0.1, 0.15) is 12.4 Å². The van der Waals surface area contributed by atoms with Crippen molar-refractivity contribution < 1.29 is 13.2 Å². The number of nitrogens with zero attached hydrogens (tertiary/aromatic N) is 1. The molecule has 1 unspecified atom stereocenters. The zero-order valence-corrected chi connectivity index (χ0v) is 13.9. The summed E-state index contributed by atoms with van der Waals surface area (Å²) in [5.74, 6) is -0.0736. The first kappa shape index (κ1) is 16.2. The van der Waals surface area contributed by atoms with E-state index in [1.807, 2.05) is 37.3 Å². The lowest BCUT2D eigenvalue weighted by Crippen LogP contribution is -2.30. The van der Waals surface area contributed by atoms with Crippen molar-refractivity contribution >= 4 is 21.8 Å². The van der Waals surface area contributed by atoms with E-state index in [4.69, 9.17) is 0 Å². The molecule has 2 aromatic carbocycles. The highest BCUT2D eigenvalue weighted by molar-refractivity contribution is 7.90. The maximum atomic E-state index is 12.1. The highest BCUT2D eigenvalue weighted by atomic mass is 32.2. The van der Waals surface area contributed by atoms with Gasteiger partial charge in [-0.15, -0.1) is 0 Å². The molecule has 1 aliphatic rings. The van der Waals surface area contributed by atoms with Gasteiger partial charge in [-0.1, -0.05) is 42.5 Å². The van der Waals surface area contributed by atoms with E-state index < -0.39 is 10.0 Å². The van der Waals surface area contributed by atoms with Gasteiger partial charge in [-0.3, -0.25) is 14.5 Å². The van der Waals surface area contributed by atoms with Gasteiger partial charge < -0.3 is 5.32 Å². The van der Waals surface area contributed by atoms with Gasteiger partial charge in [0.15, 0.2) is 0 Å². The summed E-state index contributed by atoms with van der Waals surface area (Å²) in [5.41, 5.74) is 1.48. The highest BCUT2D eigenvalue weighted by Crippen LogP contribution is 2.22. The Morgan fingerprint density at radius 1 is 1.12 bits per heavy atom. The molecule has 0 saturated heterocycles. The van der Waals surface area contributed by atoms with Crippen molar-refractivity contribution in [2.75, 3.05) is 6.54 Å². The van der Waals surface area contributed by atoms with Crippen LogP contribution in [0, 0.1) is 0 Å². The monoisotopic (exact) mass is 343 g/mol. The molecule has 7 heteroatoms. The zero-order valence-electron chi connectivity index (χ0n) is 13.1. The number of benzene rings is 2. The fraction of sp³-hybridized carbons (Fsp3) is 0.176. The van der Waals surface area contributed by atoms with Crippen LogP contribution < -0.4 is 10.0 Å². The second-order valence-electron chi connectivity index (χ2n) is 5.47. The van der Waals surface area contributed by atoms with Crippen molar-refractivity contribution in [3.63, 3.8) is 0 Å². The first-order chi connectivity index (χ1) is 11.5. The van der Waals surface area contributed by atoms with Gasteiger partial charge in [-0.25, -0.2) is 8.42 Å². The van der Waals surface area contributed by atoms with Crippen LogP contribution in [0.4, 0.5) is 0 Å². The van der Waals surface area contributed by atoms with Crippen LogP contribution >= 0.6 is 0 Å². The zero-order chi connectivity index (χ0) is 17.2. The van der Waals surface area contributed by atoms with E-state index in [1.54, 1.807) is 18.2 Å². The number of carbonyl (C=O) groups excluding carboxylic acids is 1. The number of aliphatic imine (C=N–C) groups is 1. The quantitative estimate of drug-likeness (QED) is 0.884. The van der Waals surface area contributed by atoms with Crippen molar-refractivity contribution in [2.24, 2.45) is 4.99 Å². The lowest BCUT2D eigenvalue weighted by atomic mass is 10.1. The van der Waals surface area contributed by atoms with Gasteiger partial charge in [-0.2, -0.15) is 0 Å². The third kappa shape index (κ3) is 3.30. The molecule has 24 heavy (non-hydrogen) atoms. The van der Waals surface area contributed by atoms with Crippen LogP contribution in [0.5, 0.6) is 0 Å². The first-order valence-corrected chi connectivity index (χ1v) is 8.96. The Kier molecular flexibility index (Phi) is 4.35. The Morgan fingerprint density at radius 3 is 2.54 bits per heavy atom. The van der Waals surface area contributed by atoms with Crippen molar-refractivity contribution in [3.05, 3.63) is 65.7 Å². The minimum Gasteiger partial charge on any atom is -0.348 e. The molecule has 0 aliphatic carbocycles. The highest BCUT2D eigenvalue weighted by Gasteiger charge is 2.30. The Morgan fingerprint density at radius 2 is 1.79 bits per heavy atom. The third-order valence-electron chi connectivity index (χ3n) is 3.72. The molecule has 0 radical (unpaired) electrons. The normalized spacial score (nSPS) is 17.8. The van der Waals surface area contributed by atoms with Gasteiger partial charge >= 0.3 is 0 Å². The van der Waals surface area contributed by atoms with Gasteiger partial charge in [-0.05, 0) is 24.6 Å². The van der Waals surface area contributed by atoms with Gasteiger partial charge in [0, 0.05) is 5.56 Å². The van der Waals surface area contributed by atoms with Gasteiger partial charge in [0.05, 0.1) is 10.9 Å². The molecular formula is C17H17N3O3S. The summed E-state index contributed by atoms with van der Waals surface area (Å²) in [6.07, 6.45) is 0. The average Bonchev–Trinajstić information content (AvgIpc) is 2.85. The summed E-state index contributed by atoms with van der Waals surface area (Å²) >= 11 is 0. The average molecular weight is 343 g/mol. The molecule has 1 aliphatic heterocycles. The van der Waals surface area contributed by atoms with E-state index in [2.05, 4.69) is 15.0 Å². The molecule has 1 heterocycles. The molecule has 0 fully saturated rings. The summed E-state index contributed by atoms with van der Waals surface area (Å²) in [7, 11) is -3.58. The minimum atomic E-state index is -3.58. The summed E-state index contributed by atoms with van der Waals surface area (Å²) in [6.45, 7) is 1.73. The maximum Gasteiger partial charge on any atom is 0.263 e. The molecule has 0 aromatic heterocycles. The number of hydrogen-bond acceptors (Lipinski definition) is 4. The van der Waals surface area contributed by atoms with E-state index in [0.717, 1.165) is 5.56 Å². The predicted molar refractivity (Wildman–Crippen MR) is 91.2 cm³/mol. The SMILES string of the molecule is CC(NC(=O)CN=C1NS(=O)(=O)c2ccccc21)c1ccccc1.